The smallest absolute Gasteiger partial charge is 0.310 e. The summed E-state index contributed by atoms with van der Waals surface area (Å²) in [5.74, 6) is 0.715. The van der Waals surface area contributed by atoms with E-state index in [1.807, 2.05) is 6.92 Å². The van der Waals surface area contributed by atoms with Gasteiger partial charge in [-0.15, -0.1) is 35.3 Å². The van der Waals surface area contributed by atoms with Gasteiger partial charge in [0.1, 0.15) is 0 Å². The molecule has 1 aromatic rings. The number of nitrogens with zero attached hydrogens (tertiary/aromatic N) is 4. The van der Waals surface area contributed by atoms with Crippen LogP contribution in [0.3, 0.4) is 0 Å². The van der Waals surface area contributed by atoms with Gasteiger partial charge in [-0.25, -0.2) is 4.98 Å². The summed E-state index contributed by atoms with van der Waals surface area (Å²) in [6.45, 7) is 6.95. The quantitative estimate of drug-likeness (QED) is 0.269. The summed E-state index contributed by atoms with van der Waals surface area (Å²) >= 11 is 1.74. The van der Waals surface area contributed by atoms with Gasteiger partial charge in [0.2, 0.25) is 0 Å². The molecule has 7 nitrogen and oxygen atoms in total. The van der Waals surface area contributed by atoms with Crippen molar-refractivity contribution in [3.05, 3.63) is 11.1 Å². The second kappa shape index (κ2) is 11.8. The van der Waals surface area contributed by atoms with Crippen LogP contribution in [0.25, 0.3) is 0 Å². The number of rotatable bonds is 6. The summed E-state index contributed by atoms with van der Waals surface area (Å²) < 4.78 is 5.19. The second-order valence-corrected chi connectivity index (χ2v) is 7.91. The third kappa shape index (κ3) is 6.20. The van der Waals surface area contributed by atoms with E-state index in [2.05, 4.69) is 25.5 Å². The van der Waals surface area contributed by atoms with E-state index in [-0.39, 0.29) is 35.9 Å². The Bertz CT molecular complexity index is 648. The molecule has 2 aliphatic heterocycles. The molecule has 1 aromatic heterocycles. The van der Waals surface area contributed by atoms with Crippen LogP contribution in [0.1, 0.15) is 38.3 Å². The Kier molecular flexibility index (Phi) is 9.76. The van der Waals surface area contributed by atoms with Gasteiger partial charge >= 0.3 is 5.97 Å². The van der Waals surface area contributed by atoms with Crippen LogP contribution in [0, 0.1) is 5.92 Å². The van der Waals surface area contributed by atoms with Gasteiger partial charge in [-0.2, -0.15) is 0 Å². The molecule has 2 fully saturated rings. The molecule has 0 saturated carbocycles. The summed E-state index contributed by atoms with van der Waals surface area (Å²) in [6.07, 6.45) is 5.29. The number of aromatic nitrogens is 1. The first-order valence-electron chi connectivity index (χ1n) is 10.0. The van der Waals surface area contributed by atoms with Crippen molar-refractivity contribution in [1.29, 1.82) is 0 Å². The van der Waals surface area contributed by atoms with Crippen LogP contribution in [0.2, 0.25) is 0 Å². The number of likely N-dealkylation sites (tertiary alicyclic amines) is 1. The number of hydrogen-bond acceptors (Lipinski definition) is 6. The molecule has 2 aliphatic rings. The number of ether oxygens (including phenoxy) is 1. The Hall–Kier alpha value is -1.10. The van der Waals surface area contributed by atoms with Crippen molar-refractivity contribution in [3.8, 4) is 0 Å². The Morgan fingerprint density at radius 2 is 2.14 bits per heavy atom. The molecule has 0 amide bonds. The minimum absolute atomic E-state index is 0. The predicted octanol–water partition coefficient (Wildman–Crippen LogP) is 2.75. The van der Waals surface area contributed by atoms with Crippen molar-refractivity contribution in [2.45, 2.75) is 39.0 Å². The number of anilines is 1. The normalized spacial score (nSPS) is 20.1. The lowest BCUT2D eigenvalue weighted by Gasteiger charge is -2.33. The Morgan fingerprint density at radius 3 is 2.86 bits per heavy atom. The van der Waals surface area contributed by atoms with Crippen molar-refractivity contribution < 1.29 is 9.53 Å². The van der Waals surface area contributed by atoms with Crippen LogP contribution < -0.4 is 10.2 Å². The summed E-state index contributed by atoms with van der Waals surface area (Å²) in [5, 5.41) is 6.75. The lowest BCUT2D eigenvalue weighted by Crippen LogP contribution is -2.48. The van der Waals surface area contributed by atoms with Crippen molar-refractivity contribution in [2.75, 3.05) is 51.3 Å². The van der Waals surface area contributed by atoms with Gasteiger partial charge in [0.15, 0.2) is 11.1 Å². The number of nitrogens with one attached hydrogen (secondary N) is 1. The molecule has 158 valence electrons. The number of thiazole rings is 1. The molecular formula is C19H32IN5O2S. The van der Waals surface area contributed by atoms with Crippen molar-refractivity contribution in [3.63, 3.8) is 0 Å². The second-order valence-electron chi connectivity index (χ2n) is 7.08. The average Bonchev–Trinajstić information content (AvgIpc) is 3.37. The molecule has 1 unspecified atom stereocenters. The first-order valence-corrected chi connectivity index (χ1v) is 10.9. The SMILES string of the molecule is CCOC(=O)C1CCCN(C(=NC)NCCc2csc(N3CCCC3)n2)C1.I. The third-order valence-corrected chi connectivity index (χ3v) is 6.08. The monoisotopic (exact) mass is 521 g/mol. The molecular weight excluding hydrogens is 489 g/mol. The number of esters is 1. The molecule has 1 N–H and O–H groups in total. The first-order chi connectivity index (χ1) is 13.2. The van der Waals surface area contributed by atoms with E-state index in [4.69, 9.17) is 9.72 Å². The first kappa shape index (κ1) is 23.2. The van der Waals surface area contributed by atoms with Crippen LogP contribution in [-0.4, -0.2) is 68.2 Å². The molecule has 0 radical (unpaired) electrons. The third-order valence-electron chi connectivity index (χ3n) is 5.13. The Morgan fingerprint density at radius 1 is 1.36 bits per heavy atom. The molecule has 2 saturated heterocycles. The zero-order chi connectivity index (χ0) is 19.1. The van der Waals surface area contributed by atoms with E-state index in [1.165, 1.54) is 12.8 Å². The molecule has 0 aliphatic carbocycles. The van der Waals surface area contributed by atoms with E-state index in [9.17, 15) is 4.79 Å². The highest BCUT2D eigenvalue weighted by Gasteiger charge is 2.28. The summed E-state index contributed by atoms with van der Waals surface area (Å²) in [4.78, 5) is 25.8. The van der Waals surface area contributed by atoms with Gasteiger partial charge in [0.05, 0.1) is 18.2 Å². The minimum atomic E-state index is -0.0884. The zero-order valence-corrected chi connectivity index (χ0v) is 20.0. The number of piperidine rings is 1. The summed E-state index contributed by atoms with van der Waals surface area (Å²) in [5.41, 5.74) is 1.13. The summed E-state index contributed by atoms with van der Waals surface area (Å²) in [7, 11) is 1.80. The number of carbonyl (C=O) groups excluding carboxylic acids is 1. The molecule has 1 atom stereocenters. The van der Waals surface area contributed by atoms with Crippen LogP contribution in [0.15, 0.2) is 10.4 Å². The highest BCUT2D eigenvalue weighted by Crippen LogP contribution is 2.24. The van der Waals surface area contributed by atoms with Crippen molar-refractivity contribution >= 4 is 52.4 Å². The van der Waals surface area contributed by atoms with Gasteiger partial charge < -0.3 is 19.9 Å². The topological polar surface area (TPSA) is 70.1 Å². The van der Waals surface area contributed by atoms with Crippen LogP contribution >= 0.6 is 35.3 Å². The number of halogens is 1. The number of aliphatic imine (C=N–C) groups is 1. The van der Waals surface area contributed by atoms with Gasteiger partial charge in [-0.3, -0.25) is 9.79 Å². The van der Waals surface area contributed by atoms with Crippen LogP contribution in [0.4, 0.5) is 5.13 Å². The van der Waals surface area contributed by atoms with Gasteiger partial charge in [0.25, 0.3) is 0 Å². The van der Waals surface area contributed by atoms with E-state index in [0.717, 1.165) is 62.2 Å². The largest absolute Gasteiger partial charge is 0.466 e. The van der Waals surface area contributed by atoms with E-state index >= 15 is 0 Å². The summed E-state index contributed by atoms with van der Waals surface area (Å²) in [6, 6.07) is 0. The standard InChI is InChI=1S/C19H31N5O2S.HI/c1-3-26-17(25)15-7-6-12-24(13-15)18(20-2)21-9-8-16-14-27-19(22-16)23-10-4-5-11-23;/h14-15H,3-13H2,1-2H3,(H,20,21);1H. The average molecular weight is 521 g/mol. The maximum absolute atomic E-state index is 12.0. The van der Waals surface area contributed by atoms with Gasteiger partial charge in [-0.1, -0.05) is 0 Å². The van der Waals surface area contributed by atoms with Crippen LogP contribution in [-0.2, 0) is 16.0 Å². The Labute approximate surface area is 189 Å². The van der Waals surface area contributed by atoms with Crippen LogP contribution in [0.5, 0.6) is 0 Å². The molecule has 0 aromatic carbocycles. The Balaban J connectivity index is 0.00000280. The van der Waals surface area contributed by atoms with Crippen molar-refractivity contribution in [2.24, 2.45) is 10.9 Å². The number of guanidine groups is 1. The minimum Gasteiger partial charge on any atom is -0.466 e. The predicted molar refractivity (Wildman–Crippen MR) is 125 cm³/mol. The van der Waals surface area contributed by atoms with E-state index in [1.54, 1.807) is 18.4 Å². The van der Waals surface area contributed by atoms with E-state index < -0.39 is 0 Å². The highest BCUT2D eigenvalue weighted by molar-refractivity contribution is 14.0. The fourth-order valence-corrected chi connectivity index (χ4v) is 4.64. The number of carbonyl (C=O) groups is 1. The molecule has 28 heavy (non-hydrogen) atoms. The molecule has 0 bridgehead atoms. The van der Waals surface area contributed by atoms with Crippen molar-refractivity contribution in [1.82, 2.24) is 15.2 Å². The van der Waals surface area contributed by atoms with Gasteiger partial charge in [-0.05, 0) is 32.6 Å². The fraction of sp³-hybridized carbons (Fsp3) is 0.737. The molecule has 3 heterocycles. The highest BCUT2D eigenvalue weighted by atomic mass is 127. The lowest BCUT2D eigenvalue weighted by molar-refractivity contribution is -0.149. The zero-order valence-electron chi connectivity index (χ0n) is 16.9. The van der Waals surface area contributed by atoms with E-state index in [0.29, 0.717) is 13.2 Å². The maximum atomic E-state index is 12.0. The molecule has 3 rings (SSSR count). The fourth-order valence-electron chi connectivity index (χ4n) is 3.72. The van der Waals surface area contributed by atoms with Gasteiger partial charge in [0, 0.05) is 51.6 Å². The molecule has 9 heteroatoms. The number of hydrogen-bond donors (Lipinski definition) is 1. The lowest BCUT2D eigenvalue weighted by atomic mass is 9.98. The maximum Gasteiger partial charge on any atom is 0.310 e. The molecule has 0 spiro atoms.